The predicted octanol–water partition coefficient (Wildman–Crippen LogP) is 3.77. The van der Waals surface area contributed by atoms with Crippen LogP contribution in [0.3, 0.4) is 0 Å². The molecule has 32 heavy (non-hydrogen) atoms. The van der Waals surface area contributed by atoms with Gasteiger partial charge in [0.2, 0.25) is 0 Å². The molecule has 0 fully saturated rings. The SMILES string of the molecule is COc1ccc(CCNC(=O)/C(C#N)=C/c2ccc3c(c2)OCC(C)(C)CO3)cc1OC. The summed E-state index contributed by atoms with van der Waals surface area (Å²) in [6.07, 6.45) is 2.13. The predicted molar refractivity (Wildman–Crippen MR) is 121 cm³/mol. The zero-order valence-corrected chi connectivity index (χ0v) is 18.9. The molecule has 0 radical (unpaired) electrons. The van der Waals surface area contributed by atoms with Gasteiger partial charge in [-0.25, -0.2) is 0 Å². The molecule has 0 aliphatic carbocycles. The molecule has 0 aromatic heterocycles. The summed E-state index contributed by atoms with van der Waals surface area (Å²) < 4.78 is 22.2. The average Bonchev–Trinajstić information content (AvgIpc) is 2.95. The second-order valence-corrected chi connectivity index (χ2v) is 8.31. The standard InChI is InChI=1S/C25H28N2O5/c1-25(2)15-31-21-8-6-18(13-23(21)32-16-25)11-19(14-26)24(28)27-10-9-17-5-7-20(29-3)22(12-17)30-4/h5-8,11-13H,9-10,15-16H2,1-4H3,(H,27,28)/b19-11+. The first-order valence-electron chi connectivity index (χ1n) is 10.4. The summed E-state index contributed by atoms with van der Waals surface area (Å²) in [5, 5.41) is 12.3. The lowest BCUT2D eigenvalue weighted by atomic mass is 9.97. The van der Waals surface area contributed by atoms with Crippen LogP contribution in [0.25, 0.3) is 6.08 Å². The zero-order valence-electron chi connectivity index (χ0n) is 18.9. The van der Waals surface area contributed by atoms with Crippen LogP contribution >= 0.6 is 0 Å². The molecule has 0 atom stereocenters. The molecule has 7 nitrogen and oxygen atoms in total. The Kier molecular flexibility index (Phi) is 7.26. The van der Waals surface area contributed by atoms with E-state index in [0.717, 1.165) is 5.56 Å². The van der Waals surface area contributed by atoms with Crippen LogP contribution in [0.2, 0.25) is 0 Å². The van der Waals surface area contributed by atoms with Crippen molar-refractivity contribution in [1.82, 2.24) is 5.32 Å². The smallest absolute Gasteiger partial charge is 0.261 e. The van der Waals surface area contributed by atoms with Gasteiger partial charge in [-0.2, -0.15) is 5.26 Å². The van der Waals surface area contributed by atoms with Crippen LogP contribution in [0.5, 0.6) is 23.0 Å². The Morgan fingerprint density at radius 3 is 2.50 bits per heavy atom. The normalized spacial score (nSPS) is 14.7. The summed E-state index contributed by atoms with van der Waals surface area (Å²) >= 11 is 0. The second-order valence-electron chi connectivity index (χ2n) is 8.31. The molecule has 7 heteroatoms. The van der Waals surface area contributed by atoms with Gasteiger partial charge in [0.15, 0.2) is 23.0 Å². The minimum absolute atomic E-state index is 0.0205. The lowest BCUT2D eigenvalue weighted by molar-refractivity contribution is -0.117. The number of nitriles is 1. The summed E-state index contributed by atoms with van der Waals surface area (Å²) in [6, 6.07) is 13.0. The maximum absolute atomic E-state index is 12.5. The van der Waals surface area contributed by atoms with E-state index in [9.17, 15) is 10.1 Å². The van der Waals surface area contributed by atoms with E-state index in [1.165, 1.54) is 0 Å². The molecule has 1 amide bonds. The number of benzene rings is 2. The second kappa shape index (κ2) is 10.1. The molecule has 0 unspecified atom stereocenters. The van der Waals surface area contributed by atoms with Crippen molar-refractivity contribution in [2.75, 3.05) is 34.0 Å². The van der Waals surface area contributed by atoms with Crippen molar-refractivity contribution >= 4 is 12.0 Å². The summed E-state index contributed by atoms with van der Waals surface area (Å²) in [6.45, 7) is 5.60. The Hall–Kier alpha value is -3.66. The van der Waals surface area contributed by atoms with E-state index >= 15 is 0 Å². The molecule has 1 N–H and O–H groups in total. The molecule has 0 saturated carbocycles. The molecule has 3 rings (SSSR count). The number of hydrogen-bond acceptors (Lipinski definition) is 6. The Morgan fingerprint density at radius 2 is 1.81 bits per heavy atom. The molecule has 0 spiro atoms. The molecule has 2 aromatic rings. The average molecular weight is 437 g/mol. The molecule has 1 heterocycles. The molecule has 1 aliphatic heterocycles. The minimum atomic E-state index is -0.429. The van der Waals surface area contributed by atoms with Crippen molar-refractivity contribution in [2.24, 2.45) is 5.41 Å². The highest BCUT2D eigenvalue weighted by molar-refractivity contribution is 6.01. The number of ether oxygens (including phenoxy) is 4. The third-order valence-corrected chi connectivity index (χ3v) is 5.03. The van der Waals surface area contributed by atoms with Gasteiger partial charge in [-0.05, 0) is 47.9 Å². The van der Waals surface area contributed by atoms with Crippen molar-refractivity contribution in [3.05, 3.63) is 53.1 Å². The van der Waals surface area contributed by atoms with Gasteiger partial charge in [0.05, 0.1) is 27.4 Å². The summed E-state index contributed by atoms with van der Waals surface area (Å²) in [7, 11) is 3.16. The van der Waals surface area contributed by atoms with Crippen LogP contribution < -0.4 is 24.3 Å². The number of methoxy groups -OCH3 is 2. The maximum atomic E-state index is 12.5. The van der Waals surface area contributed by atoms with Gasteiger partial charge in [-0.15, -0.1) is 0 Å². The fourth-order valence-corrected chi connectivity index (χ4v) is 3.20. The Bertz CT molecular complexity index is 1050. The number of rotatable bonds is 7. The number of fused-ring (bicyclic) bond motifs is 1. The van der Waals surface area contributed by atoms with Crippen LogP contribution in [0.15, 0.2) is 42.0 Å². The van der Waals surface area contributed by atoms with Crippen molar-refractivity contribution < 1.29 is 23.7 Å². The van der Waals surface area contributed by atoms with Gasteiger partial charge in [0.25, 0.3) is 5.91 Å². The van der Waals surface area contributed by atoms with Crippen molar-refractivity contribution in [3.8, 4) is 29.1 Å². The molecular weight excluding hydrogens is 408 g/mol. The highest BCUT2D eigenvalue weighted by Gasteiger charge is 2.25. The first-order valence-corrected chi connectivity index (χ1v) is 10.4. The van der Waals surface area contributed by atoms with Crippen LogP contribution in [0, 0.1) is 16.7 Å². The Morgan fingerprint density at radius 1 is 1.09 bits per heavy atom. The van der Waals surface area contributed by atoms with Crippen LogP contribution in [-0.4, -0.2) is 39.9 Å². The van der Waals surface area contributed by atoms with Gasteiger partial charge in [0, 0.05) is 12.0 Å². The first-order chi connectivity index (χ1) is 15.3. The van der Waals surface area contributed by atoms with E-state index in [1.54, 1.807) is 38.5 Å². The van der Waals surface area contributed by atoms with Crippen molar-refractivity contribution in [3.63, 3.8) is 0 Å². The van der Waals surface area contributed by atoms with Gasteiger partial charge >= 0.3 is 0 Å². The number of nitrogens with zero attached hydrogens (tertiary/aromatic N) is 1. The Balaban J connectivity index is 1.64. The largest absolute Gasteiger partial charge is 0.493 e. The van der Waals surface area contributed by atoms with Gasteiger partial charge in [-0.3, -0.25) is 4.79 Å². The number of hydrogen-bond donors (Lipinski definition) is 1. The van der Waals surface area contributed by atoms with E-state index in [-0.39, 0.29) is 11.0 Å². The summed E-state index contributed by atoms with van der Waals surface area (Å²) in [5.74, 6) is 2.11. The van der Waals surface area contributed by atoms with E-state index in [2.05, 4.69) is 19.2 Å². The fourth-order valence-electron chi connectivity index (χ4n) is 3.20. The molecule has 2 aromatic carbocycles. The highest BCUT2D eigenvalue weighted by atomic mass is 16.5. The molecule has 0 bridgehead atoms. The lowest BCUT2D eigenvalue weighted by Crippen LogP contribution is -2.26. The van der Waals surface area contributed by atoms with Crippen LogP contribution in [-0.2, 0) is 11.2 Å². The number of carbonyl (C=O) groups excluding carboxylic acids is 1. The van der Waals surface area contributed by atoms with Gasteiger partial charge < -0.3 is 24.3 Å². The highest BCUT2D eigenvalue weighted by Crippen LogP contribution is 2.34. The Labute approximate surface area is 188 Å². The zero-order chi connectivity index (χ0) is 23.1. The van der Waals surface area contributed by atoms with E-state index in [0.29, 0.717) is 54.7 Å². The molecule has 0 saturated heterocycles. The monoisotopic (exact) mass is 436 g/mol. The number of carbonyl (C=O) groups is 1. The quantitative estimate of drug-likeness (QED) is 0.525. The third-order valence-electron chi connectivity index (χ3n) is 5.03. The fraction of sp³-hybridized carbons (Fsp3) is 0.360. The van der Waals surface area contributed by atoms with Crippen LogP contribution in [0.1, 0.15) is 25.0 Å². The number of amides is 1. The van der Waals surface area contributed by atoms with Crippen LogP contribution in [0.4, 0.5) is 0 Å². The molecule has 1 aliphatic rings. The van der Waals surface area contributed by atoms with Gasteiger partial charge in [0.1, 0.15) is 11.6 Å². The lowest BCUT2D eigenvalue weighted by Gasteiger charge is -2.19. The maximum Gasteiger partial charge on any atom is 0.261 e. The number of nitrogens with one attached hydrogen (secondary N) is 1. The van der Waals surface area contributed by atoms with E-state index < -0.39 is 5.91 Å². The van der Waals surface area contributed by atoms with E-state index in [1.807, 2.05) is 24.3 Å². The van der Waals surface area contributed by atoms with Crippen molar-refractivity contribution in [2.45, 2.75) is 20.3 Å². The third kappa shape index (κ3) is 5.73. The van der Waals surface area contributed by atoms with Gasteiger partial charge in [-0.1, -0.05) is 26.0 Å². The summed E-state index contributed by atoms with van der Waals surface area (Å²) in [4.78, 5) is 12.5. The van der Waals surface area contributed by atoms with E-state index in [4.69, 9.17) is 18.9 Å². The van der Waals surface area contributed by atoms with Crippen molar-refractivity contribution in [1.29, 1.82) is 5.26 Å². The molecule has 168 valence electrons. The molecular formula is C25H28N2O5. The first kappa shape index (κ1) is 23.0. The topological polar surface area (TPSA) is 89.8 Å². The summed E-state index contributed by atoms with van der Waals surface area (Å²) in [5.41, 5.74) is 1.60. The minimum Gasteiger partial charge on any atom is -0.493 e.